The lowest BCUT2D eigenvalue weighted by atomic mass is 9.88. The van der Waals surface area contributed by atoms with Crippen LogP contribution in [0.3, 0.4) is 0 Å². The summed E-state index contributed by atoms with van der Waals surface area (Å²) in [5, 5.41) is 16.0. The summed E-state index contributed by atoms with van der Waals surface area (Å²) >= 11 is 0.873. The Balaban J connectivity index is 1.80. The van der Waals surface area contributed by atoms with E-state index in [1.165, 1.54) is 5.56 Å². The van der Waals surface area contributed by atoms with Gasteiger partial charge in [-0.15, -0.1) is 0 Å². The van der Waals surface area contributed by atoms with E-state index in [1.54, 1.807) is 12.1 Å². The van der Waals surface area contributed by atoms with Crippen LogP contribution in [0.15, 0.2) is 51.3 Å². The van der Waals surface area contributed by atoms with Crippen LogP contribution in [-0.4, -0.2) is 45.7 Å². The Bertz CT molecular complexity index is 1120. The summed E-state index contributed by atoms with van der Waals surface area (Å²) in [7, 11) is -3.61. The molecule has 2 aromatic rings. The molecule has 2 fully saturated rings. The molecule has 0 amide bonds. The van der Waals surface area contributed by atoms with Crippen LogP contribution in [0.4, 0.5) is 0 Å². The van der Waals surface area contributed by atoms with Gasteiger partial charge in [-0.2, -0.15) is 5.10 Å². The first-order chi connectivity index (χ1) is 16.5. The summed E-state index contributed by atoms with van der Waals surface area (Å²) in [5.74, 6) is 12.1. The molecule has 2 aromatic carbocycles. The zero-order valence-electron chi connectivity index (χ0n) is 19.1. The van der Waals surface area contributed by atoms with Crippen molar-refractivity contribution in [3.05, 3.63) is 47.5 Å². The van der Waals surface area contributed by atoms with Gasteiger partial charge in [0.15, 0.2) is 15.7 Å². The SMILES string of the molecule is N/N=C(\NN)c1c(-c2ccc(C3CCNCC3)cc2)ccc(S(=O)(=O)C2CCNCC2)c1SN. The van der Waals surface area contributed by atoms with Crippen LogP contribution in [-0.2, 0) is 9.84 Å². The number of hydrogen-bond donors (Lipinski definition) is 6. The maximum atomic E-state index is 13.6. The van der Waals surface area contributed by atoms with Gasteiger partial charge in [-0.25, -0.2) is 14.3 Å². The monoisotopic (exact) mass is 503 g/mol. The van der Waals surface area contributed by atoms with Gasteiger partial charge >= 0.3 is 0 Å². The first-order valence-electron chi connectivity index (χ1n) is 11.6. The van der Waals surface area contributed by atoms with E-state index in [9.17, 15) is 8.42 Å². The van der Waals surface area contributed by atoms with Gasteiger partial charge in [0.05, 0.1) is 15.0 Å². The van der Waals surface area contributed by atoms with Gasteiger partial charge in [0.2, 0.25) is 0 Å². The number of amidine groups is 1. The minimum absolute atomic E-state index is 0.174. The second-order valence-electron chi connectivity index (χ2n) is 8.70. The molecule has 2 saturated heterocycles. The predicted octanol–water partition coefficient (Wildman–Crippen LogP) is 1.40. The highest BCUT2D eigenvalue weighted by Crippen LogP contribution is 2.38. The molecule has 0 bridgehead atoms. The third-order valence-electron chi connectivity index (χ3n) is 6.81. The zero-order valence-corrected chi connectivity index (χ0v) is 20.7. The van der Waals surface area contributed by atoms with Crippen molar-refractivity contribution in [2.45, 2.75) is 46.6 Å². The van der Waals surface area contributed by atoms with Gasteiger partial charge in [0.25, 0.3) is 0 Å². The van der Waals surface area contributed by atoms with Crippen LogP contribution in [0.25, 0.3) is 11.1 Å². The minimum atomic E-state index is -3.61. The summed E-state index contributed by atoms with van der Waals surface area (Å²) in [4.78, 5) is 0.578. The highest BCUT2D eigenvalue weighted by Gasteiger charge is 2.33. The fourth-order valence-corrected chi connectivity index (χ4v) is 7.76. The lowest BCUT2D eigenvalue weighted by Gasteiger charge is -2.25. The summed E-state index contributed by atoms with van der Waals surface area (Å²) in [6.45, 7) is 3.39. The molecule has 4 rings (SSSR count). The molecule has 9 nitrogen and oxygen atoms in total. The molecule has 0 aromatic heterocycles. The van der Waals surface area contributed by atoms with E-state index < -0.39 is 15.1 Å². The number of hydrazone groups is 1. The predicted molar refractivity (Wildman–Crippen MR) is 138 cm³/mol. The molecule has 0 spiro atoms. The van der Waals surface area contributed by atoms with Crippen LogP contribution in [0.2, 0.25) is 0 Å². The van der Waals surface area contributed by atoms with Crippen molar-refractivity contribution < 1.29 is 8.42 Å². The van der Waals surface area contributed by atoms with Gasteiger partial charge in [0.1, 0.15) is 0 Å². The molecule has 11 heteroatoms. The number of sulfone groups is 1. The smallest absolute Gasteiger partial charge is 0.182 e. The van der Waals surface area contributed by atoms with Crippen LogP contribution < -0.4 is 32.9 Å². The Kier molecular flexibility index (Phi) is 8.12. The van der Waals surface area contributed by atoms with Gasteiger partial charge in [-0.3, -0.25) is 5.14 Å². The average Bonchev–Trinajstić information content (AvgIpc) is 2.90. The van der Waals surface area contributed by atoms with Crippen LogP contribution in [0.1, 0.15) is 42.7 Å². The maximum absolute atomic E-state index is 13.6. The number of nitrogens with one attached hydrogen (secondary N) is 3. The van der Waals surface area contributed by atoms with Crippen molar-refractivity contribution in [1.29, 1.82) is 0 Å². The van der Waals surface area contributed by atoms with Gasteiger partial charge in [-0.05, 0) is 92.5 Å². The first kappa shape index (κ1) is 25.0. The molecule has 34 heavy (non-hydrogen) atoms. The summed E-state index contributed by atoms with van der Waals surface area (Å²) in [5.41, 5.74) is 5.98. The molecule has 184 valence electrons. The van der Waals surface area contributed by atoms with Crippen molar-refractivity contribution in [2.75, 3.05) is 26.2 Å². The van der Waals surface area contributed by atoms with E-state index >= 15 is 0 Å². The van der Waals surface area contributed by atoms with E-state index in [2.05, 4.69) is 33.3 Å². The lowest BCUT2D eigenvalue weighted by Crippen LogP contribution is -2.36. The third-order valence-corrected chi connectivity index (χ3v) is 9.90. The molecule has 0 atom stereocenters. The Hall–Kier alpha value is -2.15. The zero-order chi connectivity index (χ0) is 24.1. The van der Waals surface area contributed by atoms with Crippen LogP contribution in [0, 0.1) is 0 Å². The summed E-state index contributed by atoms with van der Waals surface area (Å²) in [6.07, 6.45) is 3.34. The third kappa shape index (κ3) is 4.95. The fourth-order valence-electron chi connectivity index (χ4n) is 4.93. The minimum Gasteiger partial charge on any atom is -0.321 e. The van der Waals surface area contributed by atoms with E-state index in [0.29, 0.717) is 42.3 Å². The van der Waals surface area contributed by atoms with Gasteiger partial charge < -0.3 is 21.9 Å². The number of rotatable bonds is 6. The van der Waals surface area contributed by atoms with Crippen LogP contribution >= 0.6 is 11.9 Å². The summed E-state index contributed by atoms with van der Waals surface area (Å²) in [6, 6.07) is 11.8. The number of nitrogens with two attached hydrogens (primary N) is 3. The molecule has 0 aliphatic carbocycles. The second-order valence-corrected chi connectivity index (χ2v) is 11.5. The van der Waals surface area contributed by atoms with Crippen molar-refractivity contribution in [3.63, 3.8) is 0 Å². The van der Waals surface area contributed by atoms with Gasteiger partial charge in [-0.1, -0.05) is 30.3 Å². The molecule has 2 heterocycles. The Morgan fingerprint density at radius 1 is 0.971 bits per heavy atom. The highest BCUT2D eigenvalue weighted by atomic mass is 32.2. The Morgan fingerprint density at radius 3 is 2.15 bits per heavy atom. The second kappa shape index (κ2) is 11.1. The fraction of sp³-hybridized carbons (Fsp3) is 0.435. The van der Waals surface area contributed by atoms with E-state index in [4.69, 9.17) is 16.8 Å². The molecule has 0 saturated carbocycles. The van der Waals surface area contributed by atoms with Gasteiger partial charge in [0, 0.05) is 5.56 Å². The molecule has 0 radical (unpaired) electrons. The molecular weight excluding hydrogens is 470 g/mol. The lowest BCUT2D eigenvalue weighted by molar-refractivity contribution is 0.460. The number of benzene rings is 2. The van der Waals surface area contributed by atoms with E-state index in [1.807, 2.05) is 12.1 Å². The number of hydrogen-bond acceptors (Lipinski definition) is 9. The first-order valence-corrected chi connectivity index (χ1v) is 14.0. The topological polar surface area (TPSA) is 161 Å². The molecule has 2 aliphatic rings. The largest absolute Gasteiger partial charge is 0.321 e. The van der Waals surface area contributed by atoms with E-state index in [0.717, 1.165) is 49.0 Å². The van der Waals surface area contributed by atoms with Crippen molar-refractivity contribution >= 4 is 27.6 Å². The van der Waals surface area contributed by atoms with Crippen molar-refractivity contribution in [1.82, 2.24) is 16.1 Å². The van der Waals surface area contributed by atoms with E-state index in [-0.39, 0.29) is 10.7 Å². The van der Waals surface area contributed by atoms with Crippen molar-refractivity contribution in [3.8, 4) is 11.1 Å². The highest BCUT2D eigenvalue weighted by molar-refractivity contribution is 7.98. The Morgan fingerprint density at radius 2 is 1.59 bits per heavy atom. The van der Waals surface area contributed by atoms with Crippen LogP contribution in [0.5, 0.6) is 0 Å². The molecule has 2 aliphatic heterocycles. The summed E-state index contributed by atoms with van der Waals surface area (Å²) < 4.78 is 27.1. The number of nitrogens with zero attached hydrogens (tertiary/aromatic N) is 1. The average molecular weight is 504 g/mol. The van der Waals surface area contributed by atoms with Crippen molar-refractivity contribution in [2.24, 2.45) is 21.9 Å². The number of piperidine rings is 2. The molecule has 0 unspecified atom stereocenters. The standard InChI is InChI=1S/C23H33N7O2S2/c24-29-23(30-25)21-19(17-3-1-15(2-4-17)16-7-11-27-12-8-16)5-6-20(22(21)33-26)34(31,32)18-9-13-28-14-10-18/h1-6,16,18,27-28H,7-14,24-26H2,(H,29,30). The maximum Gasteiger partial charge on any atom is 0.182 e. The quantitative estimate of drug-likeness (QED) is 0.112. The molecular formula is C23H33N7O2S2. The normalized spacial score (nSPS) is 18.7. The Labute approximate surface area is 205 Å². The number of hydrazine groups is 1. The molecule has 9 N–H and O–H groups in total.